The van der Waals surface area contributed by atoms with Gasteiger partial charge in [-0.25, -0.2) is 4.98 Å². The predicted octanol–water partition coefficient (Wildman–Crippen LogP) is 2.51. The molecule has 114 valence electrons. The molecule has 2 N–H and O–H groups in total. The van der Waals surface area contributed by atoms with E-state index in [9.17, 15) is 9.90 Å². The number of amides is 1. The number of nitrogens with one attached hydrogen (secondary N) is 1. The highest BCUT2D eigenvalue weighted by Gasteiger charge is 2.17. The minimum Gasteiger partial charge on any atom is -0.392 e. The summed E-state index contributed by atoms with van der Waals surface area (Å²) >= 11 is 1.64. The zero-order chi connectivity index (χ0) is 15.3. The highest BCUT2D eigenvalue weighted by Crippen LogP contribution is 2.23. The van der Waals surface area contributed by atoms with Crippen molar-refractivity contribution in [1.82, 2.24) is 10.3 Å². The Morgan fingerprint density at radius 2 is 2.10 bits per heavy atom. The molecule has 5 heteroatoms. The van der Waals surface area contributed by atoms with Crippen LogP contribution in [0.3, 0.4) is 0 Å². The number of nitrogens with zero attached hydrogens (tertiary/aromatic N) is 1. The van der Waals surface area contributed by atoms with Crippen LogP contribution >= 0.6 is 11.3 Å². The van der Waals surface area contributed by atoms with Gasteiger partial charge in [-0.15, -0.1) is 11.3 Å². The van der Waals surface area contributed by atoms with Crippen LogP contribution in [0.1, 0.15) is 51.7 Å². The van der Waals surface area contributed by atoms with Gasteiger partial charge in [-0.05, 0) is 5.92 Å². The molecule has 0 aromatic carbocycles. The summed E-state index contributed by atoms with van der Waals surface area (Å²) in [7, 11) is 0. The smallest absolute Gasteiger partial charge is 0.222 e. The largest absolute Gasteiger partial charge is 0.392 e. The second-order valence-corrected chi connectivity index (χ2v) is 7.43. The zero-order valence-electron chi connectivity index (χ0n) is 13.1. The minimum atomic E-state index is -0.567. The van der Waals surface area contributed by atoms with Crippen molar-refractivity contribution in [3.8, 4) is 0 Å². The molecule has 4 nitrogen and oxygen atoms in total. The fraction of sp³-hybridized carbons (Fsp3) is 0.733. The van der Waals surface area contributed by atoms with Gasteiger partial charge in [0.25, 0.3) is 0 Å². The second kappa shape index (κ2) is 7.18. The van der Waals surface area contributed by atoms with Gasteiger partial charge in [0.05, 0.1) is 23.2 Å². The molecule has 0 aliphatic heterocycles. The van der Waals surface area contributed by atoms with Gasteiger partial charge < -0.3 is 10.4 Å². The SMILES string of the molecule is CC(C)C(O)CC(=O)NCCc1nc(C(C)(C)C)cs1. The highest BCUT2D eigenvalue weighted by molar-refractivity contribution is 7.09. The molecule has 0 saturated carbocycles. The molecule has 1 atom stereocenters. The molecule has 20 heavy (non-hydrogen) atoms. The zero-order valence-corrected chi connectivity index (χ0v) is 13.9. The van der Waals surface area contributed by atoms with E-state index >= 15 is 0 Å². The van der Waals surface area contributed by atoms with Crippen molar-refractivity contribution in [2.45, 2.75) is 59.0 Å². The van der Waals surface area contributed by atoms with E-state index in [1.165, 1.54) is 0 Å². The number of aliphatic hydroxyl groups is 1. The Hall–Kier alpha value is -0.940. The molecule has 0 fully saturated rings. The summed E-state index contributed by atoms with van der Waals surface area (Å²) in [6.07, 6.45) is 0.342. The average Bonchev–Trinajstić information content (AvgIpc) is 2.77. The lowest BCUT2D eigenvalue weighted by Crippen LogP contribution is -2.30. The molecule has 1 unspecified atom stereocenters. The van der Waals surface area contributed by atoms with Gasteiger partial charge in [0.15, 0.2) is 0 Å². The summed E-state index contributed by atoms with van der Waals surface area (Å²) in [4.78, 5) is 16.2. The van der Waals surface area contributed by atoms with Gasteiger partial charge in [0.2, 0.25) is 5.91 Å². The van der Waals surface area contributed by atoms with Crippen molar-refractivity contribution >= 4 is 17.2 Å². The van der Waals surface area contributed by atoms with Crippen molar-refractivity contribution in [2.24, 2.45) is 5.92 Å². The Labute approximate surface area is 125 Å². The van der Waals surface area contributed by atoms with Crippen molar-refractivity contribution in [3.63, 3.8) is 0 Å². The maximum Gasteiger partial charge on any atom is 0.222 e. The number of aromatic nitrogens is 1. The molecule has 1 aromatic rings. The number of hydrogen-bond donors (Lipinski definition) is 2. The van der Waals surface area contributed by atoms with Gasteiger partial charge >= 0.3 is 0 Å². The van der Waals surface area contributed by atoms with Crippen LogP contribution in [0.15, 0.2) is 5.38 Å². The molecule has 1 heterocycles. The number of carbonyl (C=O) groups is 1. The Morgan fingerprint density at radius 1 is 1.45 bits per heavy atom. The Bertz CT molecular complexity index is 435. The molecule has 0 saturated heterocycles. The van der Waals surface area contributed by atoms with Crippen LogP contribution in [0.25, 0.3) is 0 Å². The molecule has 0 spiro atoms. The first-order valence-electron chi connectivity index (χ1n) is 7.09. The summed E-state index contributed by atoms with van der Waals surface area (Å²) in [5.41, 5.74) is 1.17. The number of hydrogen-bond acceptors (Lipinski definition) is 4. The first-order valence-corrected chi connectivity index (χ1v) is 7.97. The second-order valence-electron chi connectivity index (χ2n) is 6.49. The molecule has 0 aliphatic carbocycles. The monoisotopic (exact) mass is 298 g/mol. The Morgan fingerprint density at radius 3 is 2.60 bits per heavy atom. The van der Waals surface area contributed by atoms with Crippen molar-refractivity contribution in [3.05, 3.63) is 16.1 Å². The lowest BCUT2D eigenvalue weighted by atomic mass is 9.93. The molecule has 0 aliphatic rings. The van der Waals surface area contributed by atoms with Gasteiger partial charge in [0, 0.05) is 23.8 Å². The molecule has 0 bridgehead atoms. The van der Waals surface area contributed by atoms with Crippen LogP contribution < -0.4 is 5.32 Å². The first kappa shape index (κ1) is 17.1. The van der Waals surface area contributed by atoms with Crippen molar-refractivity contribution in [1.29, 1.82) is 0 Å². The topological polar surface area (TPSA) is 62.2 Å². The van der Waals surface area contributed by atoms with E-state index in [4.69, 9.17) is 0 Å². The average molecular weight is 298 g/mol. The third kappa shape index (κ3) is 5.59. The molecule has 1 amide bonds. The fourth-order valence-corrected chi connectivity index (χ4v) is 2.60. The summed E-state index contributed by atoms with van der Waals surface area (Å²) in [5.74, 6) is 0.00728. The standard InChI is InChI=1S/C15H26N2O2S/c1-10(2)11(18)8-13(19)16-7-6-14-17-12(9-20-14)15(3,4)5/h9-11,18H,6-8H2,1-5H3,(H,16,19). The fourth-order valence-electron chi connectivity index (χ4n) is 1.58. The minimum absolute atomic E-state index is 0.0688. The molecule has 1 rings (SSSR count). The van der Waals surface area contributed by atoms with Crippen LogP contribution in [-0.4, -0.2) is 28.6 Å². The van der Waals surface area contributed by atoms with Gasteiger partial charge in [-0.3, -0.25) is 4.79 Å². The summed E-state index contributed by atoms with van der Waals surface area (Å²) in [6.45, 7) is 10.8. The van der Waals surface area contributed by atoms with Crippen molar-refractivity contribution < 1.29 is 9.90 Å². The highest BCUT2D eigenvalue weighted by atomic mass is 32.1. The van der Waals surface area contributed by atoms with E-state index in [0.29, 0.717) is 6.54 Å². The molecular formula is C15H26N2O2S. The number of rotatable bonds is 6. The molecule has 0 radical (unpaired) electrons. The van der Waals surface area contributed by atoms with Gasteiger partial charge in [0.1, 0.15) is 0 Å². The van der Waals surface area contributed by atoms with Crippen molar-refractivity contribution in [2.75, 3.05) is 6.54 Å². The lowest BCUT2D eigenvalue weighted by molar-refractivity contribution is -0.123. The maximum absolute atomic E-state index is 11.6. The molecular weight excluding hydrogens is 272 g/mol. The number of carbonyl (C=O) groups excluding carboxylic acids is 1. The summed E-state index contributed by atoms with van der Waals surface area (Å²) in [5, 5.41) is 15.6. The van der Waals surface area contributed by atoms with E-state index in [2.05, 4.69) is 36.5 Å². The van der Waals surface area contributed by atoms with Crippen LogP contribution in [0.2, 0.25) is 0 Å². The third-order valence-electron chi connectivity index (χ3n) is 3.15. The van der Waals surface area contributed by atoms with Gasteiger partial charge in [-0.1, -0.05) is 34.6 Å². The van der Waals surface area contributed by atoms with Crippen LogP contribution in [0.5, 0.6) is 0 Å². The van der Waals surface area contributed by atoms with E-state index in [-0.39, 0.29) is 23.7 Å². The Kier molecular flexibility index (Phi) is 6.14. The molecule has 1 aromatic heterocycles. The first-order chi connectivity index (χ1) is 9.20. The van der Waals surface area contributed by atoms with Crippen LogP contribution in [0, 0.1) is 5.92 Å². The van der Waals surface area contributed by atoms with Crippen LogP contribution in [0.4, 0.5) is 0 Å². The Balaban J connectivity index is 2.34. The number of thiazole rings is 1. The van der Waals surface area contributed by atoms with E-state index < -0.39 is 6.10 Å². The maximum atomic E-state index is 11.6. The normalized spacial score (nSPS) is 13.6. The lowest BCUT2D eigenvalue weighted by Gasteiger charge is -2.14. The van der Waals surface area contributed by atoms with Crippen LogP contribution in [-0.2, 0) is 16.6 Å². The van der Waals surface area contributed by atoms with Gasteiger partial charge in [-0.2, -0.15) is 0 Å². The number of aliphatic hydroxyl groups excluding tert-OH is 1. The van der Waals surface area contributed by atoms with E-state index in [0.717, 1.165) is 17.1 Å². The predicted molar refractivity (Wildman–Crippen MR) is 83.0 cm³/mol. The van der Waals surface area contributed by atoms with E-state index in [1.807, 2.05) is 13.8 Å². The van der Waals surface area contributed by atoms with E-state index in [1.54, 1.807) is 11.3 Å². The third-order valence-corrected chi connectivity index (χ3v) is 4.05. The summed E-state index contributed by atoms with van der Waals surface area (Å²) in [6, 6.07) is 0. The summed E-state index contributed by atoms with van der Waals surface area (Å²) < 4.78 is 0. The quantitative estimate of drug-likeness (QED) is 0.848.